The van der Waals surface area contributed by atoms with Crippen LogP contribution in [0.5, 0.6) is 0 Å². The number of thioether (sulfide) groups is 1. The second kappa shape index (κ2) is 3.44. The molecule has 1 aromatic heterocycles. The summed E-state index contributed by atoms with van der Waals surface area (Å²) in [4.78, 5) is 1.25. The van der Waals surface area contributed by atoms with Crippen LogP contribution in [0.4, 0.5) is 0 Å². The van der Waals surface area contributed by atoms with Crippen LogP contribution in [0.25, 0.3) is 11.0 Å². The first kappa shape index (κ1) is 8.66. The van der Waals surface area contributed by atoms with E-state index in [1.807, 2.05) is 12.1 Å². The fraction of sp³-hybridized carbons (Fsp3) is 0.200. The molecule has 0 radical (unpaired) electrons. The summed E-state index contributed by atoms with van der Waals surface area (Å²) in [6.45, 7) is 0.462. The van der Waals surface area contributed by atoms with E-state index in [9.17, 15) is 0 Å². The Kier molecular flexibility index (Phi) is 2.29. The van der Waals surface area contributed by atoms with Gasteiger partial charge in [-0.2, -0.15) is 0 Å². The van der Waals surface area contributed by atoms with Gasteiger partial charge in [0.25, 0.3) is 0 Å². The van der Waals surface area contributed by atoms with Gasteiger partial charge in [0.1, 0.15) is 11.3 Å². The molecule has 0 saturated carbocycles. The second-order valence-electron chi connectivity index (χ2n) is 2.82. The van der Waals surface area contributed by atoms with Crippen molar-refractivity contribution in [1.29, 1.82) is 0 Å². The quantitative estimate of drug-likeness (QED) is 0.745. The highest BCUT2D eigenvalue weighted by atomic mass is 32.2. The van der Waals surface area contributed by atoms with E-state index in [0.29, 0.717) is 6.54 Å². The van der Waals surface area contributed by atoms with Crippen molar-refractivity contribution >= 4 is 22.7 Å². The van der Waals surface area contributed by atoms with Gasteiger partial charge in [-0.15, -0.1) is 11.8 Å². The zero-order valence-electron chi connectivity index (χ0n) is 7.41. The third kappa shape index (κ3) is 1.57. The minimum atomic E-state index is 0.462. The van der Waals surface area contributed by atoms with Gasteiger partial charge in [-0.1, -0.05) is 0 Å². The minimum Gasteiger partial charge on any atom is -0.460 e. The molecular formula is C10H11NOS. The Morgan fingerprint density at radius 2 is 2.23 bits per heavy atom. The summed E-state index contributed by atoms with van der Waals surface area (Å²) in [5.74, 6) is 0.841. The van der Waals surface area contributed by atoms with Crippen molar-refractivity contribution in [3.05, 3.63) is 30.0 Å². The maximum Gasteiger partial charge on any atom is 0.134 e. The lowest BCUT2D eigenvalue weighted by Crippen LogP contribution is -1.92. The first-order valence-corrected chi connectivity index (χ1v) is 5.32. The van der Waals surface area contributed by atoms with Crippen molar-refractivity contribution < 1.29 is 4.42 Å². The van der Waals surface area contributed by atoms with Crippen LogP contribution < -0.4 is 5.73 Å². The van der Waals surface area contributed by atoms with E-state index in [2.05, 4.69) is 18.4 Å². The van der Waals surface area contributed by atoms with Gasteiger partial charge in [0.05, 0.1) is 6.54 Å². The highest BCUT2D eigenvalue weighted by molar-refractivity contribution is 7.98. The molecule has 68 valence electrons. The number of nitrogens with two attached hydrogens (primary N) is 1. The lowest BCUT2D eigenvalue weighted by Gasteiger charge is -1.93. The Morgan fingerprint density at radius 1 is 1.38 bits per heavy atom. The molecule has 2 rings (SSSR count). The van der Waals surface area contributed by atoms with Crippen LogP contribution in [0.2, 0.25) is 0 Å². The molecule has 0 atom stereocenters. The molecule has 2 aromatic rings. The Morgan fingerprint density at radius 3 is 2.92 bits per heavy atom. The molecule has 0 aliphatic rings. The summed E-state index contributed by atoms with van der Waals surface area (Å²) in [5.41, 5.74) is 6.40. The van der Waals surface area contributed by atoms with Crippen LogP contribution in [0, 0.1) is 0 Å². The molecule has 0 aliphatic carbocycles. The first-order valence-electron chi connectivity index (χ1n) is 4.10. The SMILES string of the molecule is CSc1ccc2oc(CN)cc2c1. The average molecular weight is 193 g/mol. The van der Waals surface area contributed by atoms with Crippen LogP contribution in [0.3, 0.4) is 0 Å². The van der Waals surface area contributed by atoms with Crippen LogP contribution in [0.1, 0.15) is 5.76 Å². The molecular weight excluding hydrogens is 182 g/mol. The monoisotopic (exact) mass is 193 g/mol. The molecule has 0 fully saturated rings. The van der Waals surface area contributed by atoms with E-state index in [0.717, 1.165) is 16.7 Å². The summed E-state index contributed by atoms with van der Waals surface area (Å²) in [7, 11) is 0. The second-order valence-corrected chi connectivity index (χ2v) is 3.70. The zero-order chi connectivity index (χ0) is 9.26. The Bertz CT molecular complexity index is 420. The van der Waals surface area contributed by atoms with Gasteiger partial charge >= 0.3 is 0 Å². The fourth-order valence-corrected chi connectivity index (χ4v) is 1.75. The minimum absolute atomic E-state index is 0.462. The van der Waals surface area contributed by atoms with Gasteiger partial charge in [0.2, 0.25) is 0 Å². The van der Waals surface area contributed by atoms with Crippen LogP contribution >= 0.6 is 11.8 Å². The van der Waals surface area contributed by atoms with Crippen LogP contribution in [0.15, 0.2) is 33.6 Å². The lowest BCUT2D eigenvalue weighted by atomic mass is 10.2. The summed E-state index contributed by atoms with van der Waals surface area (Å²) in [5, 5.41) is 1.13. The number of furan rings is 1. The lowest BCUT2D eigenvalue weighted by molar-refractivity contribution is 0.552. The predicted molar refractivity (Wildman–Crippen MR) is 55.9 cm³/mol. The zero-order valence-corrected chi connectivity index (χ0v) is 8.23. The van der Waals surface area contributed by atoms with Gasteiger partial charge in [0.15, 0.2) is 0 Å². The van der Waals surface area contributed by atoms with Gasteiger partial charge in [-0.3, -0.25) is 0 Å². The number of hydrogen-bond donors (Lipinski definition) is 1. The number of hydrogen-bond acceptors (Lipinski definition) is 3. The molecule has 2 nitrogen and oxygen atoms in total. The molecule has 0 unspecified atom stereocenters. The molecule has 1 aromatic carbocycles. The summed E-state index contributed by atoms with van der Waals surface area (Å²) < 4.78 is 5.48. The summed E-state index contributed by atoms with van der Waals surface area (Å²) in [6, 6.07) is 8.15. The largest absolute Gasteiger partial charge is 0.460 e. The van der Waals surface area contributed by atoms with E-state index in [4.69, 9.17) is 10.2 Å². The number of rotatable bonds is 2. The van der Waals surface area contributed by atoms with Crippen molar-refractivity contribution in [3.8, 4) is 0 Å². The summed E-state index contributed by atoms with van der Waals surface area (Å²) in [6.07, 6.45) is 2.06. The van der Waals surface area contributed by atoms with E-state index in [-0.39, 0.29) is 0 Å². The van der Waals surface area contributed by atoms with E-state index < -0.39 is 0 Å². The molecule has 0 aliphatic heterocycles. The molecule has 0 amide bonds. The molecule has 0 saturated heterocycles. The van der Waals surface area contributed by atoms with Crippen LogP contribution in [-0.2, 0) is 6.54 Å². The third-order valence-corrected chi connectivity index (χ3v) is 2.70. The molecule has 2 N–H and O–H groups in total. The van der Waals surface area contributed by atoms with Crippen molar-refractivity contribution in [2.24, 2.45) is 5.73 Å². The van der Waals surface area contributed by atoms with E-state index >= 15 is 0 Å². The Balaban J connectivity index is 2.57. The fourth-order valence-electron chi connectivity index (χ4n) is 1.30. The van der Waals surface area contributed by atoms with Gasteiger partial charge in [-0.25, -0.2) is 0 Å². The number of benzene rings is 1. The normalized spacial score (nSPS) is 10.9. The molecule has 1 heterocycles. The molecule has 3 heteroatoms. The van der Waals surface area contributed by atoms with Gasteiger partial charge in [-0.05, 0) is 30.5 Å². The molecule has 0 spiro atoms. The maximum absolute atomic E-state index is 5.49. The van der Waals surface area contributed by atoms with Crippen molar-refractivity contribution in [2.45, 2.75) is 11.4 Å². The smallest absolute Gasteiger partial charge is 0.134 e. The third-order valence-electron chi connectivity index (χ3n) is 1.98. The molecule has 0 bridgehead atoms. The Hall–Kier alpha value is -0.930. The highest BCUT2D eigenvalue weighted by Crippen LogP contribution is 2.24. The average Bonchev–Trinajstić information content (AvgIpc) is 2.58. The van der Waals surface area contributed by atoms with Crippen molar-refractivity contribution in [2.75, 3.05) is 6.26 Å². The predicted octanol–water partition coefficient (Wildman–Crippen LogP) is 2.61. The van der Waals surface area contributed by atoms with Crippen molar-refractivity contribution in [1.82, 2.24) is 0 Å². The number of fused-ring (bicyclic) bond motifs is 1. The van der Waals surface area contributed by atoms with E-state index in [1.165, 1.54) is 4.90 Å². The van der Waals surface area contributed by atoms with E-state index in [1.54, 1.807) is 11.8 Å². The molecule has 13 heavy (non-hydrogen) atoms. The summed E-state index contributed by atoms with van der Waals surface area (Å²) >= 11 is 1.73. The van der Waals surface area contributed by atoms with Gasteiger partial charge in [0, 0.05) is 10.3 Å². The first-order chi connectivity index (χ1) is 6.33. The Labute approximate surface area is 81.1 Å². The van der Waals surface area contributed by atoms with Crippen LogP contribution in [-0.4, -0.2) is 6.26 Å². The topological polar surface area (TPSA) is 39.2 Å². The standard InChI is InChI=1S/C10H11NOS/c1-13-9-2-3-10-7(5-9)4-8(6-11)12-10/h2-5H,6,11H2,1H3. The maximum atomic E-state index is 5.49. The van der Waals surface area contributed by atoms with Gasteiger partial charge < -0.3 is 10.2 Å². The van der Waals surface area contributed by atoms with Crippen molar-refractivity contribution in [3.63, 3.8) is 0 Å². The highest BCUT2D eigenvalue weighted by Gasteiger charge is 2.02.